The SMILES string of the molecule is COc1cc(OC)cc(C(=O)NCC(=O)OCC(=O)Nc2ccc(Cl)cc2C)c1. The number of halogens is 1. The van der Waals surface area contributed by atoms with Crippen LogP contribution in [0.4, 0.5) is 5.69 Å². The molecule has 0 aliphatic heterocycles. The Kier molecular flexibility index (Phi) is 7.85. The van der Waals surface area contributed by atoms with Crippen LogP contribution in [0.5, 0.6) is 11.5 Å². The van der Waals surface area contributed by atoms with Gasteiger partial charge < -0.3 is 24.8 Å². The van der Waals surface area contributed by atoms with Crippen LogP contribution in [0, 0.1) is 6.92 Å². The summed E-state index contributed by atoms with van der Waals surface area (Å²) in [6, 6.07) is 9.62. The minimum atomic E-state index is -0.754. The molecule has 154 valence electrons. The smallest absolute Gasteiger partial charge is 0.325 e. The summed E-state index contributed by atoms with van der Waals surface area (Å²) in [5.74, 6) is -0.901. The summed E-state index contributed by atoms with van der Waals surface area (Å²) in [6.45, 7) is 0.909. The predicted molar refractivity (Wildman–Crippen MR) is 108 cm³/mol. The number of hydrogen-bond acceptors (Lipinski definition) is 6. The number of aryl methyl sites for hydroxylation is 1. The molecule has 0 saturated heterocycles. The molecule has 0 bridgehead atoms. The number of amides is 2. The summed E-state index contributed by atoms with van der Waals surface area (Å²) in [6.07, 6.45) is 0. The minimum absolute atomic E-state index is 0.255. The van der Waals surface area contributed by atoms with Crippen LogP contribution in [0.15, 0.2) is 36.4 Å². The molecule has 2 aromatic carbocycles. The van der Waals surface area contributed by atoms with E-state index in [2.05, 4.69) is 10.6 Å². The van der Waals surface area contributed by atoms with Crippen LogP contribution in [0.25, 0.3) is 0 Å². The van der Waals surface area contributed by atoms with Gasteiger partial charge in [-0.15, -0.1) is 0 Å². The standard InChI is InChI=1S/C20H21ClN2O6/c1-12-6-14(21)4-5-17(12)23-18(24)11-29-19(25)10-22-20(26)13-7-15(27-2)9-16(8-13)28-3/h4-9H,10-11H2,1-3H3,(H,22,26)(H,23,24). The lowest BCUT2D eigenvalue weighted by Crippen LogP contribution is -2.32. The first-order chi connectivity index (χ1) is 13.8. The number of nitrogens with one attached hydrogen (secondary N) is 2. The van der Waals surface area contributed by atoms with E-state index in [1.165, 1.54) is 26.4 Å². The van der Waals surface area contributed by atoms with E-state index >= 15 is 0 Å². The molecule has 0 atom stereocenters. The molecule has 8 nitrogen and oxygen atoms in total. The number of anilines is 1. The number of hydrogen-bond donors (Lipinski definition) is 2. The molecule has 9 heteroatoms. The van der Waals surface area contributed by atoms with E-state index in [0.29, 0.717) is 22.2 Å². The molecule has 0 unspecified atom stereocenters. The third kappa shape index (κ3) is 6.69. The van der Waals surface area contributed by atoms with Gasteiger partial charge in [-0.2, -0.15) is 0 Å². The van der Waals surface area contributed by atoms with Gasteiger partial charge in [0.05, 0.1) is 14.2 Å². The molecule has 2 rings (SSSR count). The largest absolute Gasteiger partial charge is 0.497 e. The fraction of sp³-hybridized carbons (Fsp3) is 0.250. The first kappa shape index (κ1) is 22.0. The fourth-order valence-electron chi connectivity index (χ4n) is 2.34. The van der Waals surface area contributed by atoms with Crippen LogP contribution < -0.4 is 20.1 Å². The Morgan fingerprint density at radius 2 is 1.66 bits per heavy atom. The van der Waals surface area contributed by atoms with Gasteiger partial charge in [-0.05, 0) is 42.8 Å². The molecule has 0 saturated carbocycles. The number of benzene rings is 2. The Morgan fingerprint density at radius 3 is 2.24 bits per heavy atom. The van der Waals surface area contributed by atoms with Crippen LogP contribution in [0.3, 0.4) is 0 Å². The van der Waals surface area contributed by atoms with Crippen LogP contribution in [-0.2, 0) is 14.3 Å². The van der Waals surface area contributed by atoms with Crippen molar-refractivity contribution in [3.63, 3.8) is 0 Å². The molecule has 0 aliphatic carbocycles. The van der Waals surface area contributed by atoms with Crippen molar-refractivity contribution < 1.29 is 28.6 Å². The zero-order valence-corrected chi connectivity index (χ0v) is 17.0. The highest BCUT2D eigenvalue weighted by molar-refractivity contribution is 6.30. The lowest BCUT2D eigenvalue weighted by atomic mass is 10.2. The Bertz CT molecular complexity index is 894. The maximum Gasteiger partial charge on any atom is 0.325 e. The molecule has 0 heterocycles. The van der Waals surface area contributed by atoms with Gasteiger partial charge in [-0.3, -0.25) is 14.4 Å². The quantitative estimate of drug-likeness (QED) is 0.636. The van der Waals surface area contributed by atoms with Gasteiger partial charge in [0, 0.05) is 22.3 Å². The molecule has 2 amide bonds. The van der Waals surface area contributed by atoms with Gasteiger partial charge in [0.2, 0.25) is 0 Å². The summed E-state index contributed by atoms with van der Waals surface area (Å²) >= 11 is 5.86. The second-order valence-corrected chi connectivity index (χ2v) is 6.39. The van der Waals surface area contributed by atoms with Crippen molar-refractivity contribution in [3.05, 3.63) is 52.5 Å². The zero-order valence-electron chi connectivity index (χ0n) is 16.2. The Balaban J connectivity index is 1.82. The number of ether oxygens (including phenoxy) is 3. The highest BCUT2D eigenvalue weighted by Crippen LogP contribution is 2.22. The van der Waals surface area contributed by atoms with Crippen molar-refractivity contribution in [1.29, 1.82) is 0 Å². The normalized spacial score (nSPS) is 10.1. The summed E-state index contributed by atoms with van der Waals surface area (Å²) in [4.78, 5) is 35.9. The van der Waals surface area contributed by atoms with E-state index in [1.807, 2.05) is 0 Å². The van der Waals surface area contributed by atoms with Gasteiger partial charge in [0.25, 0.3) is 11.8 Å². The van der Waals surface area contributed by atoms with Crippen LogP contribution >= 0.6 is 11.6 Å². The highest BCUT2D eigenvalue weighted by atomic mass is 35.5. The molecule has 29 heavy (non-hydrogen) atoms. The third-order valence-electron chi connectivity index (χ3n) is 3.83. The van der Waals surface area contributed by atoms with Gasteiger partial charge in [-0.25, -0.2) is 0 Å². The summed E-state index contributed by atoms with van der Waals surface area (Å²) in [5, 5.41) is 5.59. The van der Waals surface area contributed by atoms with Crippen molar-refractivity contribution in [3.8, 4) is 11.5 Å². The number of carbonyl (C=O) groups excluding carboxylic acids is 3. The highest BCUT2D eigenvalue weighted by Gasteiger charge is 2.13. The van der Waals surface area contributed by atoms with Gasteiger partial charge in [-0.1, -0.05) is 11.6 Å². The molecular formula is C20H21ClN2O6. The van der Waals surface area contributed by atoms with Crippen molar-refractivity contribution in [1.82, 2.24) is 5.32 Å². The van der Waals surface area contributed by atoms with Gasteiger partial charge >= 0.3 is 5.97 Å². The fourth-order valence-corrected chi connectivity index (χ4v) is 2.57. The number of carbonyl (C=O) groups is 3. The first-order valence-corrected chi connectivity index (χ1v) is 8.93. The Labute approximate surface area is 173 Å². The average Bonchev–Trinajstić information content (AvgIpc) is 2.71. The topological polar surface area (TPSA) is 103 Å². The summed E-state index contributed by atoms with van der Waals surface area (Å²) in [7, 11) is 2.93. The van der Waals surface area contributed by atoms with E-state index in [1.54, 1.807) is 31.2 Å². The van der Waals surface area contributed by atoms with E-state index in [9.17, 15) is 14.4 Å². The lowest BCUT2D eigenvalue weighted by molar-refractivity contribution is -0.146. The van der Waals surface area contributed by atoms with Crippen molar-refractivity contribution in [2.45, 2.75) is 6.92 Å². The van der Waals surface area contributed by atoms with Gasteiger partial charge in [0.15, 0.2) is 6.61 Å². The molecule has 2 aromatic rings. The minimum Gasteiger partial charge on any atom is -0.497 e. The average molecular weight is 421 g/mol. The van der Waals surface area contributed by atoms with Crippen molar-refractivity contribution in [2.24, 2.45) is 0 Å². The molecular weight excluding hydrogens is 400 g/mol. The predicted octanol–water partition coefficient (Wildman–Crippen LogP) is 2.58. The Hall–Kier alpha value is -3.26. The number of methoxy groups -OCH3 is 2. The molecule has 0 aliphatic rings. The van der Waals surface area contributed by atoms with E-state index in [0.717, 1.165) is 5.56 Å². The monoisotopic (exact) mass is 420 g/mol. The molecule has 0 aromatic heterocycles. The molecule has 0 fully saturated rings. The van der Waals surface area contributed by atoms with Gasteiger partial charge in [0.1, 0.15) is 18.0 Å². The van der Waals surface area contributed by atoms with Crippen molar-refractivity contribution >= 4 is 35.1 Å². The summed E-state index contributed by atoms with van der Waals surface area (Å²) < 4.78 is 15.1. The number of esters is 1. The van der Waals surface area contributed by atoms with Crippen LogP contribution in [-0.4, -0.2) is 45.2 Å². The molecule has 0 radical (unpaired) electrons. The molecule has 2 N–H and O–H groups in total. The zero-order chi connectivity index (χ0) is 21.4. The lowest BCUT2D eigenvalue weighted by Gasteiger charge is -2.10. The maximum absolute atomic E-state index is 12.2. The summed E-state index contributed by atoms with van der Waals surface area (Å²) in [5.41, 5.74) is 1.60. The second-order valence-electron chi connectivity index (χ2n) is 5.95. The number of rotatable bonds is 8. The second kappa shape index (κ2) is 10.3. The van der Waals surface area contributed by atoms with Crippen molar-refractivity contribution in [2.75, 3.05) is 32.7 Å². The van der Waals surface area contributed by atoms with Crippen LogP contribution in [0.1, 0.15) is 15.9 Å². The third-order valence-corrected chi connectivity index (χ3v) is 4.07. The first-order valence-electron chi connectivity index (χ1n) is 8.55. The van der Waals surface area contributed by atoms with E-state index < -0.39 is 30.9 Å². The van der Waals surface area contributed by atoms with E-state index in [-0.39, 0.29) is 5.56 Å². The van der Waals surface area contributed by atoms with Crippen LogP contribution in [0.2, 0.25) is 5.02 Å². The Morgan fingerprint density at radius 1 is 1.00 bits per heavy atom. The molecule has 0 spiro atoms. The van der Waals surface area contributed by atoms with E-state index in [4.69, 9.17) is 25.8 Å². The maximum atomic E-state index is 12.2.